The van der Waals surface area contributed by atoms with Crippen molar-refractivity contribution in [3.05, 3.63) is 82.5 Å². The highest BCUT2D eigenvalue weighted by molar-refractivity contribution is 7.21. The van der Waals surface area contributed by atoms with Crippen molar-refractivity contribution in [2.75, 3.05) is 12.4 Å². The number of aromatic nitrogens is 2. The van der Waals surface area contributed by atoms with Crippen LogP contribution >= 0.6 is 11.3 Å². The normalized spacial score (nSPS) is 11.1. The maximum atomic E-state index is 14.3. The number of amides is 1. The van der Waals surface area contributed by atoms with Crippen LogP contribution in [-0.4, -0.2) is 22.6 Å². The molecule has 0 saturated carbocycles. The lowest BCUT2D eigenvalue weighted by atomic mass is 10.1. The Morgan fingerprint density at radius 3 is 2.72 bits per heavy atom. The van der Waals surface area contributed by atoms with Crippen molar-refractivity contribution in [1.29, 1.82) is 0 Å². The molecule has 2 aromatic carbocycles. The van der Waals surface area contributed by atoms with E-state index >= 15 is 0 Å². The standard InChI is InChI=1S/C22H20FN3O2S/c1-14-24-10-11-26(14)12-15-6-8-16(9-7-15)25-22(27)21-17(13-28-2)20-18(23)4-3-5-19(20)29-21/h3-11H,12-13H2,1-2H3,(H,25,27). The zero-order valence-electron chi connectivity index (χ0n) is 16.1. The van der Waals surface area contributed by atoms with Gasteiger partial charge in [-0.1, -0.05) is 18.2 Å². The van der Waals surface area contributed by atoms with Gasteiger partial charge in [-0.05, 0) is 36.8 Å². The number of anilines is 1. The predicted molar refractivity (Wildman–Crippen MR) is 113 cm³/mol. The number of aryl methyl sites for hydroxylation is 1. The molecular formula is C22H20FN3O2S. The number of hydrogen-bond acceptors (Lipinski definition) is 4. The van der Waals surface area contributed by atoms with Gasteiger partial charge in [-0.2, -0.15) is 0 Å². The lowest BCUT2D eigenvalue weighted by Gasteiger charge is -2.09. The molecule has 29 heavy (non-hydrogen) atoms. The molecule has 0 aliphatic rings. The number of imidazole rings is 1. The average Bonchev–Trinajstić information content (AvgIpc) is 3.28. The van der Waals surface area contributed by atoms with Gasteiger partial charge in [-0.25, -0.2) is 9.37 Å². The summed E-state index contributed by atoms with van der Waals surface area (Å²) >= 11 is 1.27. The van der Waals surface area contributed by atoms with Crippen molar-refractivity contribution in [1.82, 2.24) is 9.55 Å². The number of nitrogens with one attached hydrogen (secondary N) is 1. The molecule has 148 valence electrons. The highest BCUT2D eigenvalue weighted by atomic mass is 32.1. The Labute approximate surface area is 171 Å². The average molecular weight is 409 g/mol. The predicted octanol–water partition coefficient (Wildman–Crippen LogP) is 4.99. The summed E-state index contributed by atoms with van der Waals surface area (Å²) in [5, 5.41) is 3.36. The first-order chi connectivity index (χ1) is 14.1. The molecule has 0 bridgehead atoms. The zero-order chi connectivity index (χ0) is 20.4. The number of rotatable bonds is 6. The van der Waals surface area contributed by atoms with Gasteiger partial charge in [0.2, 0.25) is 0 Å². The van der Waals surface area contributed by atoms with E-state index < -0.39 is 0 Å². The number of carbonyl (C=O) groups is 1. The summed E-state index contributed by atoms with van der Waals surface area (Å²) in [6, 6.07) is 12.5. The summed E-state index contributed by atoms with van der Waals surface area (Å²) in [4.78, 5) is 17.6. The SMILES string of the molecule is COCc1c(C(=O)Nc2ccc(Cn3ccnc3C)cc2)sc2cccc(F)c12. The Morgan fingerprint density at radius 1 is 1.24 bits per heavy atom. The molecule has 0 saturated heterocycles. The van der Waals surface area contributed by atoms with Crippen molar-refractivity contribution < 1.29 is 13.9 Å². The number of benzene rings is 2. The zero-order valence-corrected chi connectivity index (χ0v) is 16.9. The van der Waals surface area contributed by atoms with E-state index in [1.807, 2.05) is 43.5 Å². The maximum Gasteiger partial charge on any atom is 0.266 e. The molecular weight excluding hydrogens is 389 g/mol. The largest absolute Gasteiger partial charge is 0.380 e. The van der Waals surface area contributed by atoms with E-state index in [2.05, 4.69) is 14.9 Å². The third-order valence-corrected chi connectivity index (χ3v) is 5.94. The number of halogens is 1. The number of ether oxygens (including phenoxy) is 1. The third kappa shape index (κ3) is 3.92. The lowest BCUT2D eigenvalue weighted by molar-refractivity contribution is 0.102. The van der Waals surface area contributed by atoms with E-state index in [1.54, 1.807) is 12.3 Å². The number of hydrogen-bond donors (Lipinski definition) is 1. The van der Waals surface area contributed by atoms with Gasteiger partial charge in [-0.3, -0.25) is 4.79 Å². The van der Waals surface area contributed by atoms with E-state index in [4.69, 9.17) is 4.74 Å². The lowest BCUT2D eigenvalue weighted by Crippen LogP contribution is -2.12. The van der Waals surface area contributed by atoms with Gasteiger partial charge >= 0.3 is 0 Å². The topological polar surface area (TPSA) is 56.1 Å². The Bertz CT molecular complexity index is 1160. The fourth-order valence-corrected chi connectivity index (χ4v) is 4.40. The van der Waals surface area contributed by atoms with Crippen LogP contribution in [0.1, 0.15) is 26.6 Å². The second kappa shape index (κ2) is 8.14. The van der Waals surface area contributed by atoms with Crippen molar-refractivity contribution in [2.45, 2.75) is 20.1 Å². The number of methoxy groups -OCH3 is 1. The summed E-state index contributed by atoms with van der Waals surface area (Å²) in [5.41, 5.74) is 2.37. The molecule has 2 heterocycles. The highest BCUT2D eigenvalue weighted by Crippen LogP contribution is 2.34. The fourth-order valence-electron chi connectivity index (χ4n) is 3.28. The van der Waals surface area contributed by atoms with Gasteiger partial charge < -0.3 is 14.6 Å². The number of nitrogens with zero attached hydrogens (tertiary/aromatic N) is 2. The Hall–Kier alpha value is -3.03. The van der Waals surface area contributed by atoms with Crippen LogP contribution in [0.3, 0.4) is 0 Å². The molecule has 1 amide bonds. The summed E-state index contributed by atoms with van der Waals surface area (Å²) in [6.07, 6.45) is 3.71. The van der Waals surface area contributed by atoms with E-state index in [9.17, 15) is 9.18 Å². The molecule has 0 aliphatic carbocycles. The van der Waals surface area contributed by atoms with Gasteiger partial charge in [0.25, 0.3) is 5.91 Å². The smallest absolute Gasteiger partial charge is 0.266 e. The van der Waals surface area contributed by atoms with E-state index in [0.29, 0.717) is 28.1 Å². The molecule has 0 radical (unpaired) electrons. The van der Waals surface area contributed by atoms with E-state index in [1.165, 1.54) is 24.5 Å². The van der Waals surface area contributed by atoms with Crippen LogP contribution in [0.4, 0.5) is 10.1 Å². The number of fused-ring (bicyclic) bond motifs is 1. The van der Waals surface area contributed by atoms with Gasteiger partial charge in [0.15, 0.2) is 0 Å². The molecule has 0 atom stereocenters. The van der Waals surface area contributed by atoms with E-state index in [0.717, 1.165) is 16.1 Å². The number of thiophene rings is 1. The monoisotopic (exact) mass is 409 g/mol. The molecule has 7 heteroatoms. The van der Waals surface area contributed by atoms with Gasteiger partial charge in [-0.15, -0.1) is 11.3 Å². The number of carbonyl (C=O) groups excluding carboxylic acids is 1. The quantitative estimate of drug-likeness (QED) is 0.488. The summed E-state index contributed by atoms with van der Waals surface area (Å²) in [6.45, 7) is 2.85. The molecule has 1 N–H and O–H groups in total. The maximum absolute atomic E-state index is 14.3. The van der Waals surface area contributed by atoms with Crippen LogP contribution < -0.4 is 5.32 Å². The molecule has 0 aliphatic heterocycles. The Morgan fingerprint density at radius 2 is 2.03 bits per heavy atom. The minimum absolute atomic E-state index is 0.173. The molecule has 4 aromatic rings. The summed E-state index contributed by atoms with van der Waals surface area (Å²) < 4.78 is 22.3. The van der Waals surface area contributed by atoms with Crippen molar-refractivity contribution in [3.63, 3.8) is 0 Å². The second-order valence-electron chi connectivity index (χ2n) is 6.71. The highest BCUT2D eigenvalue weighted by Gasteiger charge is 2.20. The first kappa shape index (κ1) is 19.3. The fraction of sp³-hybridized carbons (Fsp3) is 0.182. The van der Waals surface area contributed by atoms with Gasteiger partial charge in [0.1, 0.15) is 11.6 Å². The first-order valence-electron chi connectivity index (χ1n) is 9.13. The van der Waals surface area contributed by atoms with Crippen molar-refractivity contribution in [3.8, 4) is 0 Å². The van der Waals surface area contributed by atoms with Crippen LogP contribution in [0, 0.1) is 12.7 Å². The van der Waals surface area contributed by atoms with E-state index in [-0.39, 0.29) is 18.3 Å². The van der Waals surface area contributed by atoms with Crippen LogP contribution in [0.25, 0.3) is 10.1 Å². The molecule has 4 rings (SSSR count). The van der Waals surface area contributed by atoms with Crippen molar-refractivity contribution >= 4 is 33.0 Å². The van der Waals surface area contributed by atoms with Crippen LogP contribution in [0.5, 0.6) is 0 Å². The van der Waals surface area contributed by atoms with Crippen LogP contribution in [-0.2, 0) is 17.9 Å². The Balaban J connectivity index is 1.56. The second-order valence-corrected chi connectivity index (χ2v) is 7.76. The first-order valence-corrected chi connectivity index (χ1v) is 9.95. The Kier molecular flexibility index (Phi) is 5.42. The molecule has 0 fully saturated rings. The van der Waals surface area contributed by atoms with Gasteiger partial charge in [0, 0.05) is 47.4 Å². The van der Waals surface area contributed by atoms with Gasteiger partial charge in [0.05, 0.1) is 11.5 Å². The summed E-state index contributed by atoms with van der Waals surface area (Å²) in [5.74, 6) is 0.338. The molecule has 2 aromatic heterocycles. The third-order valence-electron chi connectivity index (χ3n) is 4.75. The van der Waals surface area contributed by atoms with Crippen molar-refractivity contribution in [2.24, 2.45) is 0 Å². The molecule has 0 spiro atoms. The molecule has 5 nitrogen and oxygen atoms in total. The molecule has 0 unspecified atom stereocenters. The summed E-state index contributed by atoms with van der Waals surface area (Å²) in [7, 11) is 1.53. The minimum Gasteiger partial charge on any atom is -0.380 e. The van der Waals surface area contributed by atoms with Crippen LogP contribution in [0.2, 0.25) is 0 Å². The van der Waals surface area contributed by atoms with Crippen LogP contribution in [0.15, 0.2) is 54.9 Å². The minimum atomic E-state index is -0.344.